The van der Waals surface area contributed by atoms with Crippen LogP contribution in [0.5, 0.6) is 11.5 Å². The lowest BCUT2D eigenvalue weighted by molar-refractivity contribution is -0.140. The molecule has 43 heavy (non-hydrogen) atoms. The van der Waals surface area contributed by atoms with Crippen LogP contribution in [-0.2, 0) is 20.9 Å². The molecule has 0 saturated heterocycles. The summed E-state index contributed by atoms with van der Waals surface area (Å²) in [5.41, 5.74) is 2.96. The molecule has 0 bridgehead atoms. The van der Waals surface area contributed by atoms with Crippen LogP contribution >= 0.6 is 0 Å². The van der Waals surface area contributed by atoms with E-state index in [1.54, 1.807) is 54.5 Å². The fraction of sp³-hybridized carbons (Fsp3) is 0.294. The van der Waals surface area contributed by atoms with Gasteiger partial charge in [0.25, 0.3) is 11.7 Å². The van der Waals surface area contributed by atoms with Crippen molar-refractivity contribution < 1.29 is 28.7 Å². The average Bonchev–Trinajstić information content (AvgIpc) is 3.27. The van der Waals surface area contributed by atoms with Crippen LogP contribution in [0.1, 0.15) is 40.7 Å². The number of allylic oxidation sites excluding steroid dienone is 2. The number of carbonyl (C=O) groups is 4. The number of rotatable bonds is 10. The van der Waals surface area contributed by atoms with Crippen LogP contribution in [0.2, 0.25) is 0 Å². The molecule has 222 valence electrons. The van der Waals surface area contributed by atoms with E-state index in [0.717, 1.165) is 17.5 Å². The van der Waals surface area contributed by atoms with E-state index in [1.165, 1.54) is 12.0 Å². The zero-order chi connectivity index (χ0) is 30.5. The number of ketones is 1. The Balaban J connectivity index is 1.53. The van der Waals surface area contributed by atoms with Crippen molar-refractivity contribution in [2.75, 3.05) is 31.0 Å². The van der Waals surface area contributed by atoms with Gasteiger partial charge >= 0.3 is 0 Å². The van der Waals surface area contributed by atoms with Gasteiger partial charge in [0.05, 0.1) is 31.2 Å². The number of benzene rings is 3. The minimum atomic E-state index is -0.868. The molecule has 3 amide bonds. The largest absolute Gasteiger partial charge is 0.497 e. The number of hydrogen-bond donors (Lipinski definition) is 1. The van der Waals surface area contributed by atoms with Crippen LogP contribution in [0, 0.1) is 12.8 Å². The number of aryl methyl sites for hydroxylation is 1. The molecular formula is C34H35N3O6. The molecule has 0 fully saturated rings. The van der Waals surface area contributed by atoms with E-state index in [2.05, 4.69) is 11.4 Å². The fourth-order valence-corrected chi connectivity index (χ4v) is 5.77. The number of carbonyl (C=O) groups excluding carboxylic acids is 4. The van der Waals surface area contributed by atoms with Gasteiger partial charge in [0, 0.05) is 12.6 Å². The fourth-order valence-electron chi connectivity index (χ4n) is 5.77. The summed E-state index contributed by atoms with van der Waals surface area (Å²) < 4.78 is 10.8. The van der Waals surface area contributed by atoms with Crippen molar-refractivity contribution in [3.63, 3.8) is 0 Å². The van der Waals surface area contributed by atoms with Crippen LogP contribution < -0.4 is 19.7 Å². The molecule has 3 aromatic rings. The number of para-hydroxylation sites is 1. The van der Waals surface area contributed by atoms with Crippen molar-refractivity contribution in [3.05, 3.63) is 95.6 Å². The Morgan fingerprint density at radius 2 is 1.77 bits per heavy atom. The molecule has 0 spiro atoms. The van der Waals surface area contributed by atoms with Gasteiger partial charge in [0.2, 0.25) is 11.8 Å². The number of nitrogens with one attached hydrogen (secondary N) is 1. The van der Waals surface area contributed by atoms with Crippen LogP contribution in [0.4, 0.5) is 11.4 Å². The van der Waals surface area contributed by atoms with Crippen LogP contribution in [0.15, 0.2) is 78.9 Å². The number of methoxy groups -OCH3 is 2. The second-order valence-corrected chi connectivity index (χ2v) is 10.7. The predicted molar refractivity (Wildman–Crippen MR) is 163 cm³/mol. The lowest BCUT2D eigenvalue weighted by Gasteiger charge is -2.38. The third-order valence-corrected chi connectivity index (χ3v) is 8.12. The summed E-state index contributed by atoms with van der Waals surface area (Å²) in [5.74, 6) is -1.38. The maximum absolute atomic E-state index is 14.3. The van der Waals surface area contributed by atoms with E-state index < -0.39 is 23.6 Å². The summed E-state index contributed by atoms with van der Waals surface area (Å²) in [6, 6.07) is 18.6. The summed E-state index contributed by atoms with van der Waals surface area (Å²) in [4.78, 5) is 57.0. The summed E-state index contributed by atoms with van der Waals surface area (Å²) in [6.07, 6.45) is 6.21. The first kappa shape index (κ1) is 29.6. The van der Waals surface area contributed by atoms with Crippen LogP contribution in [-0.4, -0.2) is 55.2 Å². The summed E-state index contributed by atoms with van der Waals surface area (Å²) in [5, 5.41) is 3.00. The highest BCUT2D eigenvalue weighted by Gasteiger charge is 2.41. The predicted octanol–water partition coefficient (Wildman–Crippen LogP) is 4.93. The lowest BCUT2D eigenvalue weighted by Crippen LogP contribution is -2.54. The molecule has 9 heteroatoms. The molecule has 3 aromatic carbocycles. The second-order valence-electron chi connectivity index (χ2n) is 10.7. The van der Waals surface area contributed by atoms with E-state index in [4.69, 9.17) is 9.47 Å². The standard InChI is InChI=1S/C34H35N3O6/c1-22-11-7-8-14-24(22)20-37(30(38)21-36-28-16-10-9-15-26(28)32(39)34(36)41)31(23-12-5-4-6-13-23)33(40)35-27-18-17-25(42-2)19-29(27)43-3/h4-5,7-11,14-19,23,31H,6,12-13,20-21H2,1-3H3,(H,35,40). The normalized spacial score (nSPS) is 16.4. The van der Waals surface area contributed by atoms with E-state index in [9.17, 15) is 19.2 Å². The van der Waals surface area contributed by atoms with Crippen LogP contribution in [0.3, 0.4) is 0 Å². The Bertz CT molecular complexity index is 1580. The zero-order valence-electron chi connectivity index (χ0n) is 24.5. The first-order valence-corrected chi connectivity index (χ1v) is 14.3. The van der Waals surface area contributed by atoms with Crippen molar-refractivity contribution in [1.29, 1.82) is 0 Å². The Hall–Kier alpha value is -4.92. The number of nitrogens with zero attached hydrogens (tertiary/aromatic N) is 2. The summed E-state index contributed by atoms with van der Waals surface area (Å²) in [7, 11) is 3.06. The molecule has 1 N–H and O–H groups in total. The molecule has 0 aromatic heterocycles. The van der Waals surface area contributed by atoms with Gasteiger partial charge in [0.15, 0.2) is 0 Å². The van der Waals surface area contributed by atoms with E-state index >= 15 is 0 Å². The van der Waals surface area contributed by atoms with Gasteiger partial charge in [0.1, 0.15) is 24.1 Å². The number of anilines is 2. The van der Waals surface area contributed by atoms with E-state index in [1.807, 2.05) is 37.3 Å². The number of hydrogen-bond acceptors (Lipinski definition) is 6. The molecule has 2 unspecified atom stereocenters. The molecule has 2 aliphatic rings. The average molecular weight is 582 g/mol. The Kier molecular flexibility index (Phi) is 8.90. The molecule has 1 aliphatic heterocycles. The van der Waals surface area contributed by atoms with Crippen molar-refractivity contribution in [3.8, 4) is 11.5 Å². The van der Waals surface area contributed by atoms with Gasteiger partial charge in [-0.25, -0.2) is 0 Å². The van der Waals surface area contributed by atoms with Gasteiger partial charge in [-0.2, -0.15) is 0 Å². The molecular weight excluding hydrogens is 546 g/mol. The highest BCUT2D eigenvalue weighted by atomic mass is 16.5. The quantitative estimate of drug-likeness (QED) is 0.269. The third kappa shape index (κ3) is 6.16. The zero-order valence-corrected chi connectivity index (χ0v) is 24.5. The Labute approximate surface area is 251 Å². The smallest absolute Gasteiger partial charge is 0.299 e. The Morgan fingerprint density at radius 1 is 1.00 bits per heavy atom. The minimum Gasteiger partial charge on any atom is -0.497 e. The number of Topliss-reactive ketones (excluding diaryl/α,β-unsaturated/α-hetero) is 1. The summed E-state index contributed by atoms with van der Waals surface area (Å²) in [6.45, 7) is 1.74. The van der Waals surface area contributed by atoms with Crippen molar-refractivity contribution in [1.82, 2.24) is 4.90 Å². The molecule has 1 heterocycles. The maximum Gasteiger partial charge on any atom is 0.299 e. The van der Waals surface area contributed by atoms with Crippen molar-refractivity contribution in [2.45, 2.75) is 38.8 Å². The second kappa shape index (κ2) is 12.9. The van der Waals surface area contributed by atoms with Gasteiger partial charge in [-0.05, 0) is 67.5 Å². The van der Waals surface area contributed by atoms with Gasteiger partial charge in [-0.15, -0.1) is 0 Å². The molecule has 9 nitrogen and oxygen atoms in total. The molecule has 1 aliphatic carbocycles. The summed E-state index contributed by atoms with van der Waals surface area (Å²) >= 11 is 0. The highest BCUT2D eigenvalue weighted by Crippen LogP contribution is 2.33. The number of ether oxygens (including phenoxy) is 2. The monoisotopic (exact) mass is 581 g/mol. The topological polar surface area (TPSA) is 105 Å². The molecule has 0 radical (unpaired) electrons. The number of fused-ring (bicyclic) bond motifs is 1. The van der Waals surface area contributed by atoms with E-state index in [0.29, 0.717) is 35.7 Å². The lowest BCUT2D eigenvalue weighted by atomic mass is 9.85. The SMILES string of the molecule is COc1ccc(NC(=O)C(C2CC=CCC2)N(Cc2ccccc2C)C(=O)CN2C(=O)C(=O)c3ccccc32)c(OC)c1. The van der Waals surface area contributed by atoms with E-state index in [-0.39, 0.29) is 30.5 Å². The van der Waals surface area contributed by atoms with Gasteiger partial charge in [-0.1, -0.05) is 48.6 Å². The number of amides is 3. The minimum absolute atomic E-state index is 0.154. The van der Waals surface area contributed by atoms with Gasteiger partial charge < -0.3 is 19.7 Å². The van der Waals surface area contributed by atoms with Gasteiger partial charge in [-0.3, -0.25) is 24.1 Å². The highest BCUT2D eigenvalue weighted by molar-refractivity contribution is 6.52. The third-order valence-electron chi connectivity index (χ3n) is 8.12. The first-order valence-electron chi connectivity index (χ1n) is 14.3. The Morgan fingerprint density at radius 3 is 2.49 bits per heavy atom. The van der Waals surface area contributed by atoms with Crippen LogP contribution in [0.25, 0.3) is 0 Å². The van der Waals surface area contributed by atoms with Crippen molar-refractivity contribution in [2.24, 2.45) is 5.92 Å². The maximum atomic E-state index is 14.3. The molecule has 0 saturated carbocycles. The molecule has 2 atom stereocenters. The molecule has 5 rings (SSSR count). The van der Waals surface area contributed by atoms with Crippen molar-refractivity contribution >= 4 is 34.9 Å². The first-order chi connectivity index (χ1) is 20.8.